The van der Waals surface area contributed by atoms with Crippen molar-refractivity contribution < 1.29 is 14.4 Å². The predicted octanol–water partition coefficient (Wildman–Crippen LogP) is 1.34. The fraction of sp³-hybridized carbons (Fsp3) is 0.562. The Bertz CT molecular complexity index is 454. The first-order valence-corrected chi connectivity index (χ1v) is 7.40. The number of hydrogen-bond acceptors (Lipinski definition) is 2. The van der Waals surface area contributed by atoms with E-state index in [0.717, 1.165) is 24.7 Å². The van der Waals surface area contributed by atoms with E-state index >= 15 is 0 Å². The molecule has 0 radical (unpaired) electrons. The number of anilines is 1. The number of benzene rings is 1. The minimum Gasteiger partial charge on any atom is -0.495 e. The van der Waals surface area contributed by atoms with E-state index in [1.54, 1.807) is 7.11 Å². The van der Waals surface area contributed by atoms with Crippen molar-refractivity contribution in [1.29, 1.82) is 0 Å². The van der Waals surface area contributed by atoms with Crippen molar-refractivity contribution >= 4 is 11.6 Å². The lowest BCUT2D eigenvalue weighted by Crippen LogP contribution is -3.17. The van der Waals surface area contributed by atoms with Crippen LogP contribution in [0.3, 0.4) is 0 Å². The van der Waals surface area contributed by atoms with Gasteiger partial charge in [0, 0.05) is 0 Å². The van der Waals surface area contributed by atoms with Crippen LogP contribution < -0.4 is 15.0 Å². The molecular weight excluding hydrogens is 252 g/mol. The molecule has 110 valence electrons. The van der Waals surface area contributed by atoms with Crippen LogP contribution in [0.4, 0.5) is 5.69 Å². The van der Waals surface area contributed by atoms with Gasteiger partial charge < -0.3 is 15.0 Å². The number of carbonyl (C=O) groups excluding carboxylic acids is 1. The highest BCUT2D eigenvalue weighted by molar-refractivity contribution is 5.94. The van der Waals surface area contributed by atoms with E-state index in [9.17, 15) is 4.79 Å². The Kier molecular flexibility index (Phi) is 5.01. The zero-order valence-electron chi connectivity index (χ0n) is 12.6. The van der Waals surface area contributed by atoms with Gasteiger partial charge in [-0.05, 0) is 37.8 Å². The molecule has 2 rings (SSSR count). The molecule has 1 aliphatic heterocycles. The first kappa shape index (κ1) is 14.9. The quantitative estimate of drug-likeness (QED) is 0.872. The number of para-hydroxylation sites is 2. The van der Waals surface area contributed by atoms with Crippen molar-refractivity contribution in [3.8, 4) is 5.75 Å². The van der Waals surface area contributed by atoms with Crippen molar-refractivity contribution in [3.05, 3.63) is 24.3 Å². The molecule has 4 heteroatoms. The fourth-order valence-corrected chi connectivity index (χ4v) is 2.74. The summed E-state index contributed by atoms with van der Waals surface area (Å²) in [5, 5.41) is 2.98. The van der Waals surface area contributed by atoms with E-state index in [0.29, 0.717) is 5.75 Å². The third-order valence-corrected chi connectivity index (χ3v) is 4.29. The highest BCUT2D eigenvalue weighted by Crippen LogP contribution is 2.22. The molecule has 0 aromatic heterocycles. The summed E-state index contributed by atoms with van der Waals surface area (Å²) in [5.74, 6) is 1.57. The summed E-state index contributed by atoms with van der Waals surface area (Å²) < 4.78 is 5.26. The van der Waals surface area contributed by atoms with Crippen LogP contribution in [0, 0.1) is 5.92 Å². The first-order valence-electron chi connectivity index (χ1n) is 7.40. The summed E-state index contributed by atoms with van der Waals surface area (Å²) in [6, 6.07) is 7.51. The topological polar surface area (TPSA) is 42.8 Å². The number of ether oxygens (including phenoxy) is 1. The van der Waals surface area contributed by atoms with Crippen LogP contribution in [-0.4, -0.2) is 32.1 Å². The second-order valence-corrected chi connectivity index (χ2v) is 5.75. The molecular formula is C16H25N2O2+. The smallest absolute Gasteiger partial charge is 0.282 e. The van der Waals surface area contributed by atoms with Crippen molar-refractivity contribution in [2.24, 2.45) is 5.92 Å². The lowest BCUT2D eigenvalue weighted by molar-refractivity contribution is -0.919. The zero-order valence-corrected chi connectivity index (χ0v) is 12.6. The molecule has 20 heavy (non-hydrogen) atoms. The van der Waals surface area contributed by atoms with Crippen molar-refractivity contribution in [2.75, 3.05) is 25.5 Å². The molecule has 1 fully saturated rings. The Balaban J connectivity index is 1.97. The van der Waals surface area contributed by atoms with Gasteiger partial charge in [0.2, 0.25) is 0 Å². The Morgan fingerprint density at radius 2 is 2.00 bits per heavy atom. The van der Waals surface area contributed by atoms with Crippen LogP contribution in [0.1, 0.15) is 26.7 Å². The summed E-state index contributed by atoms with van der Waals surface area (Å²) >= 11 is 0. The Labute approximate surface area is 121 Å². The maximum atomic E-state index is 12.4. The summed E-state index contributed by atoms with van der Waals surface area (Å²) in [6.45, 7) is 6.47. The lowest BCUT2D eigenvalue weighted by Gasteiger charge is -2.31. The maximum absolute atomic E-state index is 12.4. The molecule has 0 aliphatic carbocycles. The lowest BCUT2D eigenvalue weighted by atomic mass is 9.98. The molecule has 0 spiro atoms. The molecule has 1 saturated heterocycles. The Morgan fingerprint density at radius 1 is 1.35 bits per heavy atom. The second kappa shape index (κ2) is 6.75. The highest BCUT2D eigenvalue weighted by atomic mass is 16.5. The number of likely N-dealkylation sites (tertiary alicyclic amines) is 1. The van der Waals surface area contributed by atoms with E-state index in [2.05, 4.69) is 12.2 Å². The van der Waals surface area contributed by atoms with Gasteiger partial charge in [0.05, 0.1) is 25.9 Å². The highest BCUT2D eigenvalue weighted by Gasteiger charge is 2.29. The average molecular weight is 277 g/mol. The molecule has 0 bridgehead atoms. The van der Waals surface area contributed by atoms with E-state index in [1.165, 1.54) is 17.7 Å². The number of quaternary nitrogens is 1. The summed E-state index contributed by atoms with van der Waals surface area (Å²) in [6.07, 6.45) is 2.42. The molecule has 2 N–H and O–H groups in total. The molecule has 0 saturated carbocycles. The molecule has 4 nitrogen and oxygen atoms in total. The molecule has 1 aromatic rings. The summed E-state index contributed by atoms with van der Waals surface area (Å²) in [7, 11) is 1.62. The van der Waals surface area contributed by atoms with Crippen LogP contribution in [0.2, 0.25) is 0 Å². The van der Waals surface area contributed by atoms with Crippen LogP contribution in [0.5, 0.6) is 5.75 Å². The van der Waals surface area contributed by atoms with E-state index in [1.807, 2.05) is 31.2 Å². The third-order valence-electron chi connectivity index (χ3n) is 4.29. The van der Waals surface area contributed by atoms with Gasteiger partial charge in [-0.25, -0.2) is 0 Å². The minimum atomic E-state index is -0.0209. The van der Waals surface area contributed by atoms with Gasteiger partial charge in [0.1, 0.15) is 5.75 Å². The summed E-state index contributed by atoms with van der Waals surface area (Å²) in [4.78, 5) is 13.8. The molecule has 1 amide bonds. The van der Waals surface area contributed by atoms with Gasteiger partial charge in [0.25, 0.3) is 5.91 Å². The third kappa shape index (κ3) is 3.51. The number of piperidine rings is 1. The Hall–Kier alpha value is -1.55. The van der Waals surface area contributed by atoms with E-state index < -0.39 is 0 Å². The van der Waals surface area contributed by atoms with Gasteiger partial charge in [-0.3, -0.25) is 4.79 Å². The zero-order chi connectivity index (χ0) is 14.5. The average Bonchev–Trinajstić information content (AvgIpc) is 2.48. The summed E-state index contributed by atoms with van der Waals surface area (Å²) in [5.41, 5.74) is 0.747. The van der Waals surface area contributed by atoms with E-state index in [4.69, 9.17) is 4.74 Å². The number of hydrogen-bond donors (Lipinski definition) is 2. The first-order chi connectivity index (χ1) is 9.61. The van der Waals surface area contributed by atoms with Gasteiger partial charge in [0.15, 0.2) is 6.04 Å². The SMILES string of the molecule is COc1ccccc1NC(=O)[C@H](C)[NH+]1CCC(C)CC1. The van der Waals surface area contributed by atoms with Crippen molar-refractivity contribution in [1.82, 2.24) is 0 Å². The van der Waals surface area contributed by atoms with Gasteiger partial charge in [-0.15, -0.1) is 0 Å². The minimum absolute atomic E-state index is 0.0209. The number of nitrogens with one attached hydrogen (secondary N) is 2. The fourth-order valence-electron chi connectivity index (χ4n) is 2.74. The molecule has 1 aromatic carbocycles. The van der Waals surface area contributed by atoms with Crippen LogP contribution >= 0.6 is 0 Å². The van der Waals surface area contributed by atoms with Crippen LogP contribution in [0.15, 0.2) is 24.3 Å². The molecule has 1 atom stereocenters. The number of rotatable bonds is 4. The number of methoxy groups -OCH3 is 1. The van der Waals surface area contributed by atoms with Gasteiger partial charge in [-0.1, -0.05) is 19.1 Å². The Morgan fingerprint density at radius 3 is 2.65 bits per heavy atom. The number of amides is 1. The normalized spacial score (nSPS) is 23.9. The monoisotopic (exact) mass is 277 g/mol. The van der Waals surface area contributed by atoms with Gasteiger partial charge >= 0.3 is 0 Å². The molecule has 1 aliphatic rings. The molecule has 0 unspecified atom stereocenters. The van der Waals surface area contributed by atoms with E-state index in [-0.39, 0.29) is 11.9 Å². The maximum Gasteiger partial charge on any atom is 0.282 e. The second-order valence-electron chi connectivity index (χ2n) is 5.75. The van der Waals surface area contributed by atoms with Crippen molar-refractivity contribution in [2.45, 2.75) is 32.7 Å². The van der Waals surface area contributed by atoms with Crippen molar-refractivity contribution in [3.63, 3.8) is 0 Å². The number of carbonyl (C=O) groups is 1. The standard InChI is InChI=1S/C16H24N2O2/c1-12-8-10-18(11-9-12)13(2)16(19)17-14-6-4-5-7-15(14)20-3/h4-7,12-13H,8-11H2,1-3H3,(H,17,19)/p+1/t13-/m0/s1. The predicted molar refractivity (Wildman–Crippen MR) is 80.2 cm³/mol. The van der Waals surface area contributed by atoms with Crippen LogP contribution in [0.25, 0.3) is 0 Å². The molecule has 1 heterocycles. The van der Waals surface area contributed by atoms with Crippen LogP contribution in [-0.2, 0) is 4.79 Å². The largest absolute Gasteiger partial charge is 0.495 e. The van der Waals surface area contributed by atoms with Gasteiger partial charge in [-0.2, -0.15) is 0 Å².